The van der Waals surface area contributed by atoms with Gasteiger partial charge in [0.2, 0.25) is 10.0 Å². The second-order valence-corrected chi connectivity index (χ2v) is 11.4. The Morgan fingerprint density at radius 2 is 1.91 bits per heavy atom. The molecule has 4 rings (SSSR count). The molecule has 32 heavy (non-hydrogen) atoms. The molecule has 1 N–H and O–H groups in total. The van der Waals surface area contributed by atoms with Crippen LogP contribution in [0.25, 0.3) is 9.53 Å². The second-order valence-electron chi connectivity index (χ2n) is 7.40. The predicted molar refractivity (Wildman–Crippen MR) is 130 cm³/mol. The summed E-state index contributed by atoms with van der Waals surface area (Å²) in [5.41, 5.74) is 1.28. The van der Waals surface area contributed by atoms with E-state index in [2.05, 4.69) is 29.0 Å². The lowest BCUT2D eigenvalue weighted by Gasteiger charge is -2.26. The Kier molecular flexibility index (Phi) is 6.82. The number of nitrogens with zero attached hydrogens (tertiary/aromatic N) is 3. The number of rotatable bonds is 7. The number of hydrogen-bond acceptors (Lipinski definition) is 8. The first-order valence-electron chi connectivity index (χ1n) is 10.5. The lowest BCUT2D eigenvalue weighted by Crippen LogP contribution is -2.40. The van der Waals surface area contributed by atoms with Crippen LogP contribution in [-0.4, -0.2) is 63.0 Å². The highest BCUT2D eigenvalue weighted by Gasteiger charge is 2.27. The van der Waals surface area contributed by atoms with Crippen LogP contribution < -0.4 is 10.2 Å². The van der Waals surface area contributed by atoms with E-state index >= 15 is 0 Å². The minimum atomic E-state index is -3.64. The molecule has 0 aliphatic carbocycles. The maximum Gasteiger partial charge on any atom is 0.265 e. The van der Waals surface area contributed by atoms with Gasteiger partial charge in [0, 0.05) is 31.9 Å². The van der Waals surface area contributed by atoms with E-state index in [-0.39, 0.29) is 10.8 Å². The Hall–Kier alpha value is -2.05. The van der Waals surface area contributed by atoms with Crippen LogP contribution in [-0.2, 0) is 14.8 Å². The lowest BCUT2D eigenvalue weighted by molar-refractivity contribution is 0.0730. The average molecular weight is 495 g/mol. The Balaban J connectivity index is 1.55. The zero-order valence-corrected chi connectivity index (χ0v) is 20.7. The van der Waals surface area contributed by atoms with Crippen molar-refractivity contribution in [3.05, 3.63) is 34.7 Å². The number of aryl methyl sites for hydroxylation is 1. The number of thiophene rings is 1. The minimum Gasteiger partial charge on any atom is -0.379 e. The Morgan fingerprint density at radius 1 is 1.19 bits per heavy atom. The van der Waals surface area contributed by atoms with E-state index in [1.54, 1.807) is 23.5 Å². The number of carbonyl (C=O) groups is 1. The summed E-state index contributed by atoms with van der Waals surface area (Å²) in [7, 11) is -3.64. The van der Waals surface area contributed by atoms with Crippen molar-refractivity contribution in [2.75, 3.05) is 49.6 Å². The molecule has 1 amide bonds. The largest absolute Gasteiger partial charge is 0.379 e. The molecular weight excluding hydrogens is 468 g/mol. The molecule has 0 bridgehead atoms. The first-order chi connectivity index (χ1) is 15.3. The third-order valence-corrected chi connectivity index (χ3v) is 9.52. The van der Waals surface area contributed by atoms with Gasteiger partial charge in [0.25, 0.3) is 5.91 Å². The summed E-state index contributed by atoms with van der Waals surface area (Å²) in [5, 5.41) is 3.84. The molecule has 1 aromatic carbocycles. The van der Waals surface area contributed by atoms with Crippen LogP contribution in [0.2, 0.25) is 0 Å². The maximum absolute atomic E-state index is 13.0. The monoisotopic (exact) mass is 494 g/mol. The van der Waals surface area contributed by atoms with E-state index in [0.717, 1.165) is 33.3 Å². The van der Waals surface area contributed by atoms with Crippen molar-refractivity contribution >= 4 is 59.0 Å². The summed E-state index contributed by atoms with van der Waals surface area (Å²) >= 11 is 2.92. The Morgan fingerprint density at radius 3 is 2.56 bits per heavy atom. The number of sulfonamides is 1. The average Bonchev–Trinajstić information content (AvgIpc) is 3.36. The molecule has 8 nitrogen and oxygen atoms in total. The van der Waals surface area contributed by atoms with Gasteiger partial charge in [-0.25, -0.2) is 13.4 Å². The van der Waals surface area contributed by atoms with Gasteiger partial charge in [-0.3, -0.25) is 4.79 Å². The van der Waals surface area contributed by atoms with Crippen molar-refractivity contribution in [2.24, 2.45) is 0 Å². The highest BCUT2D eigenvalue weighted by molar-refractivity contribution is 7.89. The zero-order chi connectivity index (χ0) is 22.9. The van der Waals surface area contributed by atoms with Gasteiger partial charge in [-0.05, 0) is 44.5 Å². The molecule has 0 saturated carbocycles. The third-order valence-electron chi connectivity index (χ3n) is 5.40. The predicted octanol–water partition coefficient (Wildman–Crippen LogP) is 3.79. The van der Waals surface area contributed by atoms with Gasteiger partial charge in [0.1, 0.15) is 4.83 Å². The van der Waals surface area contributed by atoms with Crippen LogP contribution >= 0.6 is 22.7 Å². The topological polar surface area (TPSA) is 91.8 Å². The molecule has 0 atom stereocenters. The lowest BCUT2D eigenvalue weighted by atomic mass is 10.2. The van der Waals surface area contributed by atoms with Crippen molar-refractivity contribution in [3.8, 4) is 0 Å². The van der Waals surface area contributed by atoms with Gasteiger partial charge in [-0.1, -0.05) is 17.4 Å². The fraction of sp³-hybridized carbons (Fsp3) is 0.429. The van der Waals surface area contributed by atoms with E-state index in [1.165, 1.54) is 21.7 Å². The van der Waals surface area contributed by atoms with Crippen molar-refractivity contribution in [2.45, 2.75) is 25.7 Å². The molecule has 0 unspecified atom stereocenters. The maximum atomic E-state index is 13.0. The third kappa shape index (κ3) is 4.53. The van der Waals surface area contributed by atoms with Gasteiger partial charge < -0.3 is 15.0 Å². The number of fused-ring (bicyclic) bond motifs is 1. The standard InChI is InChI=1S/C21H26N4O4S3/c1-4-24(5-2)21-23-20-18(31-21)13-17(30-20)19(26)22-16-12-15(7-6-14(16)3)32(27,28)25-8-10-29-11-9-25/h6-7,12-13H,4-5,8-11H2,1-3H3,(H,22,26). The van der Waals surface area contributed by atoms with Crippen LogP contribution in [0.15, 0.2) is 29.2 Å². The Bertz CT molecular complexity index is 1190. The highest BCUT2D eigenvalue weighted by Crippen LogP contribution is 2.35. The van der Waals surface area contributed by atoms with Gasteiger partial charge in [0.05, 0.1) is 27.7 Å². The van der Waals surface area contributed by atoms with Crippen LogP contribution in [0, 0.1) is 6.92 Å². The zero-order valence-electron chi connectivity index (χ0n) is 18.3. The van der Waals surface area contributed by atoms with Gasteiger partial charge in [0.15, 0.2) is 5.13 Å². The van der Waals surface area contributed by atoms with Crippen molar-refractivity contribution in [3.63, 3.8) is 0 Å². The summed E-state index contributed by atoms with van der Waals surface area (Å²) in [6.45, 7) is 9.20. The number of carbonyl (C=O) groups excluding carboxylic acids is 1. The molecule has 0 spiro atoms. The summed E-state index contributed by atoms with van der Waals surface area (Å²) in [4.78, 5) is 21.3. The number of ether oxygens (including phenoxy) is 1. The fourth-order valence-electron chi connectivity index (χ4n) is 3.48. The highest BCUT2D eigenvalue weighted by atomic mass is 32.2. The van der Waals surface area contributed by atoms with E-state index in [9.17, 15) is 13.2 Å². The summed E-state index contributed by atoms with van der Waals surface area (Å²) < 4.78 is 33.6. The molecule has 3 heterocycles. The number of benzene rings is 1. The first kappa shape index (κ1) is 23.1. The number of anilines is 2. The molecule has 0 radical (unpaired) electrons. The number of amides is 1. The van der Waals surface area contributed by atoms with Crippen molar-refractivity contribution in [1.82, 2.24) is 9.29 Å². The van der Waals surface area contributed by atoms with Crippen molar-refractivity contribution < 1.29 is 17.9 Å². The molecule has 11 heteroatoms. The van der Waals surface area contributed by atoms with E-state index < -0.39 is 10.0 Å². The number of nitrogens with one attached hydrogen (secondary N) is 1. The molecule has 1 aliphatic rings. The first-order valence-corrected chi connectivity index (χ1v) is 13.6. The minimum absolute atomic E-state index is 0.165. The number of thiazole rings is 1. The number of hydrogen-bond donors (Lipinski definition) is 1. The SMILES string of the molecule is CCN(CC)c1nc2sc(C(=O)Nc3cc(S(=O)(=O)N4CCOCC4)ccc3C)cc2s1. The summed E-state index contributed by atoms with van der Waals surface area (Å²) in [5.74, 6) is -0.270. The molecule has 1 fully saturated rings. The molecule has 3 aromatic rings. The summed E-state index contributed by atoms with van der Waals surface area (Å²) in [6.07, 6.45) is 0. The van der Waals surface area contributed by atoms with Gasteiger partial charge in [-0.2, -0.15) is 4.31 Å². The molecule has 172 valence electrons. The fourth-order valence-corrected chi connectivity index (χ4v) is 7.15. The quantitative estimate of drug-likeness (QED) is 0.537. The molecule has 1 aliphatic heterocycles. The van der Waals surface area contributed by atoms with E-state index in [0.29, 0.717) is 36.9 Å². The smallest absolute Gasteiger partial charge is 0.265 e. The summed E-state index contributed by atoms with van der Waals surface area (Å²) in [6, 6.07) is 6.68. The normalized spacial score (nSPS) is 15.2. The number of aromatic nitrogens is 1. The Labute approximate surface area is 195 Å². The van der Waals surface area contributed by atoms with E-state index in [1.807, 2.05) is 13.0 Å². The van der Waals surface area contributed by atoms with Crippen LogP contribution in [0.5, 0.6) is 0 Å². The van der Waals surface area contributed by atoms with Crippen LogP contribution in [0.4, 0.5) is 10.8 Å². The van der Waals surface area contributed by atoms with Crippen LogP contribution in [0.3, 0.4) is 0 Å². The molecule has 1 saturated heterocycles. The van der Waals surface area contributed by atoms with Crippen molar-refractivity contribution in [1.29, 1.82) is 0 Å². The molecule has 2 aromatic heterocycles. The van der Waals surface area contributed by atoms with Gasteiger partial charge in [-0.15, -0.1) is 11.3 Å². The second kappa shape index (κ2) is 9.44. The van der Waals surface area contributed by atoms with Crippen LogP contribution in [0.1, 0.15) is 29.1 Å². The number of morpholine rings is 1. The van der Waals surface area contributed by atoms with E-state index in [4.69, 9.17) is 4.74 Å². The van der Waals surface area contributed by atoms with Gasteiger partial charge >= 0.3 is 0 Å². The molecular formula is C21H26N4O4S3.